The molecule has 6 nitrogen and oxygen atoms in total. The molecule has 118 valence electrons. The summed E-state index contributed by atoms with van der Waals surface area (Å²) in [5.74, 6) is -0.691. The molecule has 0 saturated heterocycles. The van der Waals surface area contributed by atoms with Gasteiger partial charge in [-0.2, -0.15) is 12.8 Å². The normalized spacial score (nSPS) is 15.3. The molecule has 0 aliphatic carbocycles. The van der Waals surface area contributed by atoms with Crippen LogP contribution in [0.1, 0.15) is 12.5 Å². The van der Waals surface area contributed by atoms with Gasteiger partial charge in [0.1, 0.15) is 9.92 Å². The molecule has 0 N–H and O–H groups in total. The largest absolute Gasteiger partial charge is 0.461 e. The van der Waals surface area contributed by atoms with Crippen LogP contribution in [0.3, 0.4) is 0 Å². The Hall–Kier alpha value is -2.32. The Morgan fingerprint density at radius 1 is 1.26 bits per heavy atom. The van der Waals surface area contributed by atoms with Crippen LogP contribution in [0.5, 0.6) is 0 Å². The zero-order valence-electron chi connectivity index (χ0n) is 12.1. The third-order valence-electron chi connectivity index (χ3n) is 3.05. The third kappa shape index (κ3) is 2.95. The van der Waals surface area contributed by atoms with Crippen LogP contribution in [0, 0.1) is 0 Å². The van der Waals surface area contributed by atoms with Gasteiger partial charge in [-0.25, -0.2) is 9.79 Å². The van der Waals surface area contributed by atoms with E-state index in [-0.39, 0.29) is 22.2 Å². The zero-order valence-corrected chi connectivity index (χ0v) is 13.7. The van der Waals surface area contributed by atoms with Crippen LogP contribution in [0.2, 0.25) is 0 Å². The van der Waals surface area contributed by atoms with Crippen molar-refractivity contribution in [3.05, 3.63) is 47.3 Å². The molecule has 0 atom stereocenters. The van der Waals surface area contributed by atoms with Gasteiger partial charge in [0.15, 0.2) is 5.71 Å². The lowest BCUT2D eigenvalue weighted by atomic mass is 10.1. The number of hydrogen-bond acceptors (Lipinski definition) is 6. The summed E-state index contributed by atoms with van der Waals surface area (Å²) in [6.07, 6.45) is 0. The number of fused-ring (bicyclic) bond motifs is 1. The van der Waals surface area contributed by atoms with Crippen LogP contribution in [0.4, 0.5) is 5.69 Å². The Morgan fingerprint density at radius 3 is 2.74 bits per heavy atom. The van der Waals surface area contributed by atoms with Gasteiger partial charge in [-0.3, -0.25) is 0 Å². The second-order valence-corrected chi connectivity index (χ2v) is 7.32. The lowest BCUT2D eigenvalue weighted by Gasteiger charge is -2.04. The fourth-order valence-corrected chi connectivity index (χ4v) is 4.06. The summed E-state index contributed by atoms with van der Waals surface area (Å²) in [5, 5.41) is 1.65. The topological polar surface area (TPSA) is 85.2 Å². The quantitative estimate of drug-likeness (QED) is 0.795. The number of thiophene rings is 1. The lowest BCUT2D eigenvalue weighted by Crippen LogP contribution is -2.25. The average molecular weight is 348 g/mol. The van der Waals surface area contributed by atoms with Crippen molar-refractivity contribution in [2.45, 2.75) is 11.1 Å². The molecule has 0 bridgehead atoms. The van der Waals surface area contributed by atoms with Crippen LogP contribution >= 0.6 is 11.3 Å². The number of hydrogen-bond donors (Lipinski definition) is 0. The summed E-state index contributed by atoms with van der Waals surface area (Å²) in [6.45, 7) is 1.83. The first-order valence-corrected chi connectivity index (χ1v) is 9.09. The predicted molar refractivity (Wildman–Crippen MR) is 88.2 cm³/mol. The minimum atomic E-state index is -3.91. The number of sulfonamides is 1. The average Bonchev–Trinajstić information content (AvgIpc) is 3.16. The van der Waals surface area contributed by atoms with Gasteiger partial charge >= 0.3 is 5.97 Å². The van der Waals surface area contributed by atoms with Crippen LogP contribution < -0.4 is 0 Å². The number of nitrogens with zero attached hydrogens (tertiary/aromatic N) is 2. The van der Waals surface area contributed by atoms with Crippen LogP contribution in [-0.4, -0.2) is 32.4 Å². The Morgan fingerprint density at radius 2 is 2.04 bits per heavy atom. The SMILES string of the molecule is CCOC(=O)C1=Nc2ccccc2/C1=N\S(=O)(=O)c1cccs1. The van der Waals surface area contributed by atoms with Crippen molar-refractivity contribution in [2.75, 3.05) is 6.61 Å². The summed E-state index contributed by atoms with van der Waals surface area (Å²) < 4.78 is 33.7. The van der Waals surface area contributed by atoms with Crippen molar-refractivity contribution in [1.29, 1.82) is 0 Å². The number of carbonyl (C=O) groups is 1. The van der Waals surface area contributed by atoms with E-state index in [1.54, 1.807) is 42.6 Å². The third-order valence-corrected chi connectivity index (χ3v) is 5.69. The molecule has 0 unspecified atom stereocenters. The molecule has 3 rings (SSSR count). The highest BCUT2D eigenvalue weighted by molar-refractivity contribution is 7.92. The summed E-state index contributed by atoms with van der Waals surface area (Å²) in [7, 11) is -3.91. The summed E-state index contributed by atoms with van der Waals surface area (Å²) in [5.41, 5.74) is 0.923. The van der Waals surface area contributed by atoms with Gasteiger partial charge in [-0.1, -0.05) is 24.3 Å². The van der Waals surface area contributed by atoms with Crippen LogP contribution in [-0.2, 0) is 19.6 Å². The minimum absolute atomic E-state index is 0.0208. The van der Waals surface area contributed by atoms with Gasteiger partial charge in [0.2, 0.25) is 0 Å². The number of benzene rings is 1. The highest BCUT2D eigenvalue weighted by atomic mass is 32.2. The van der Waals surface area contributed by atoms with Gasteiger partial charge in [-0.05, 0) is 24.4 Å². The van der Waals surface area contributed by atoms with Crippen LogP contribution in [0.15, 0.2) is 55.4 Å². The highest BCUT2D eigenvalue weighted by Crippen LogP contribution is 2.29. The Kier molecular flexibility index (Phi) is 4.10. The molecule has 2 aromatic rings. The Labute approximate surface area is 137 Å². The number of ether oxygens (including phenoxy) is 1. The van der Waals surface area contributed by atoms with Gasteiger partial charge in [0, 0.05) is 5.56 Å². The molecule has 0 amide bonds. The van der Waals surface area contributed by atoms with Crippen LogP contribution in [0.25, 0.3) is 0 Å². The predicted octanol–water partition coefficient (Wildman–Crippen LogP) is 2.58. The molecule has 1 aliphatic rings. The number of para-hydroxylation sites is 1. The zero-order chi connectivity index (χ0) is 16.4. The molecule has 2 heterocycles. The van der Waals surface area contributed by atoms with Crippen molar-refractivity contribution in [1.82, 2.24) is 0 Å². The first-order chi connectivity index (χ1) is 11.0. The lowest BCUT2D eigenvalue weighted by molar-refractivity contribution is -0.134. The van der Waals surface area contributed by atoms with Crippen molar-refractivity contribution in [3.63, 3.8) is 0 Å². The van der Waals surface area contributed by atoms with E-state index in [9.17, 15) is 13.2 Å². The number of carbonyl (C=O) groups excluding carboxylic acids is 1. The van der Waals surface area contributed by atoms with Crippen molar-refractivity contribution >= 4 is 44.4 Å². The highest BCUT2D eigenvalue weighted by Gasteiger charge is 2.31. The number of rotatable bonds is 4. The van der Waals surface area contributed by atoms with Gasteiger partial charge in [0.25, 0.3) is 10.0 Å². The molecule has 0 radical (unpaired) electrons. The first kappa shape index (κ1) is 15.6. The van der Waals surface area contributed by atoms with E-state index in [4.69, 9.17) is 4.74 Å². The molecule has 8 heteroatoms. The standard InChI is InChI=1S/C15H12N2O4S2/c1-2-21-15(18)14-13(10-6-3-4-7-11(10)16-14)17-23(19,20)12-8-5-9-22-12/h3-9H,2H2,1H3/b17-13+. The summed E-state index contributed by atoms with van der Waals surface area (Å²) in [6, 6.07) is 9.94. The first-order valence-electron chi connectivity index (χ1n) is 6.77. The maximum absolute atomic E-state index is 12.4. The molecule has 0 spiro atoms. The van der Waals surface area contributed by atoms with Gasteiger partial charge < -0.3 is 4.74 Å². The van der Waals surface area contributed by atoms with E-state index >= 15 is 0 Å². The van der Waals surface area contributed by atoms with E-state index in [1.165, 1.54) is 6.07 Å². The Balaban J connectivity index is 2.13. The molecular weight excluding hydrogens is 336 g/mol. The van der Waals surface area contributed by atoms with E-state index in [1.807, 2.05) is 0 Å². The van der Waals surface area contributed by atoms with E-state index in [2.05, 4.69) is 9.39 Å². The smallest absolute Gasteiger partial charge is 0.359 e. The number of esters is 1. The van der Waals surface area contributed by atoms with Gasteiger partial charge in [0.05, 0.1) is 12.3 Å². The van der Waals surface area contributed by atoms with Crippen molar-refractivity contribution in [2.24, 2.45) is 9.39 Å². The fraction of sp³-hybridized carbons (Fsp3) is 0.133. The molecular formula is C15H12N2O4S2. The molecule has 0 saturated carbocycles. The molecule has 1 aromatic carbocycles. The molecule has 0 fully saturated rings. The Bertz CT molecular complexity index is 913. The van der Waals surface area contributed by atoms with Crippen molar-refractivity contribution in [3.8, 4) is 0 Å². The van der Waals surface area contributed by atoms with E-state index in [0.29, 0.717) is 11.3 Å². The summed E-state index contributed by atoms with van der Waals surface area (Å²) in [4.78, 5) is 16.2. The second kappa shape index (κ2) is 6.05. The van der Waals surface area contributed by atoms with Gasteiger partial charge in [-0.15, -0.1) is 11.3 Å². The maximum atomic E-state index is 12.4. The van der Waals surface area contributed by atoms with E-state index < -0.39 is 16.0 Å². The molecule has 23 heavy (non-hydrogen) atoms. The van der Waals surface area contributed by atoms with E-state index in [0.717, 1.165) is 11.3 Å². The monoisotopic (exact) mass is 348 g/mol. The summed E-state index contributed by atoms with van der Waals surface area (Å²) >= 11 is 1.06. The van der Waals surface area contributed by atoms with Crippen molar-refractivity contribution < 1.29 is 17.9 Å². The second-order valence-electron chi connectivity index (χ2n) is 4.55. The maximum Gasteiger partial charge on any atom is 0.359 e. The fourth-order valence-electron chi connectivity index (χ4n) is 2.08. The number of aliphatic imine (C=N–C) groups is 1. The molecule has 1 aliphatic heterocycles. The molecule has 1 aromatic heterocycles. The minimum Gasteiger partial charge on any atom is -0.461 e.